The highest BCUT2D eigenvalue weighted by Crippen LogP contribution is 2.30. The lowest BCUT2D eigenvalue weighted by Crippen LogP contribution is -2.31. The van der Waals surface area contributed by atoms with Crippen molar-refractivity contribution >= 4 is 43.9 Å². The Morgan fingerprint density at radius 3 is 2.94 bits per heavy atom. The van der Waals surface area contributed by atoms with Crippen molar-refractivity contribution in [2.45, 2.75) is 13.3 Å². The summed E-state index contributed by atoms with van der Waals surface area (Å²) >= 11 is 3.27. The predicted molar refractivity (Wildman–Crippen MR) is 73.0 cm³/mol. The van der Waals surface area contributed by atoms with Crippen molar-refractivity contribution in [3.05, 3.63) is 22.4 Å². The van der Waals surface area contributed by atoms with Gasteiger partial charge >= 0.3 is 5.97 Å². The van der Waals surface area contributed by atoms with Crippen LogP contribution in [0.1, 0.15) is 11.8 Å². The molecule has 6 heteroatoms. The number of hydrogen-bond acceptors (Lipinski definition) is 5. The lowest BCUT2D eigenvalue weighted by atomic mass is 10.3. The first kappa shape index (κ1) is 13.0. The predicted octanol–water partition coefficient (Wildman–Crippen LogP) is 2.18. The largest absolute Gasteiger partial charge is 0.465 e. The molecule has 2 aromatic heterocycles. The van der Waals surface area contributed by atoms with E-state index in [4.69, 9.17) is 4.74 Å². The molecule has 0 radical (unpaired) electrons. The van der Waals surface area contributed by atoms with Gasteiger partial charge in [0.1, 0.15) is 6.54 Å². The lowest BCUT2D eigenvalue weighted by molar-refractivity contribution is -0.143. The van der Waals surface area contributed by atoms with Crippen LogP contribution in [0.5, 0.6) is 0 Å². The maximum Gasteiger partial charge on any atom is 0.325 e. The van der Waals surface area contributed by atoms with E-state index in [1.165, 1.54) is 9.40 Å². The molecular weight excluding hydrogens is 270 g/mol. The molecule has 96 valence electrons. The molecule has 0 aliphatic carbocycles. The molecule has 0 bridgehead atoms. The number of nitrogens with one attached hydrogen (secondary N) is 1. The molecular formula is C12H13NO3S2. The minimum Gasteiger partial charge on any atom is -0.465 e. The summed E-state index contributed by atoms with van der Waals surface area (Å²) < 4.78 is 7.13. The van der Waals surface area contributed by atoms with Gasteiger partial charge in [-0.25, -0.2) is 0 Å². The summed E-state index contributed by atoms with van der Waals surface area (Å²) in [4.78, 5) is 23.7. The molecule has 2 aromatic rings. The van der Waals surface area contributed by atoms with E-state index in [1.807, 2.05) is 17.5 Å². The van der Waals surface area contributed by atoms with Crippen LogP contribution >= 0.6 is 22.7 Å². The molecule has 18 heavy (non-hydrogen) atoms. The Kier molecular flexibility index (Phi) is 4.33. The Morgan fingerprint density at radius 2 is 2.22 bits per heavy atom. The molecule has 1 N–H and O–H groups in total. The summed E-state index contributed by atoms with van der Waals surface area (Å²) in [5, 5.41) is 4.58. The molecule has 0 aliphatic heterocycles. The minimum absolute atomic E-state index is 0.0631. The Bertz CT molecular complexity index is 530. The van der Waals surface area contributed by atoms with Crippen LogP contribution in [0.2, 0.25) is 0 Å². The number of rotatable bonds is 5. The van der Waals surface area contributed by atoms with Crippen molar-refractivity contribution in [2.75, 3.05) is 13.2 Å². The zero-order chi connectivity index (χ0) is 13.0. The SMILES string of the molecule is CCOC(=O)CNC(=O)Cc1cc2sccc2s1. The van der Waals surface area contributed by atoms with Crippen LogP contribution in [-0.2, 0) is 20.7 Å². The van der Waals surface area contributed by atoms with Gasteiger partial charge in [0.15, 0.2) is 0 Å². The number of fused-ring (bicyclic) bond motifs is 1. The van der Waals surface area contributed by atoms with E-state index in [0.29, 0.717) is 13.0 Å². The van der Waals surface area contributed by atoms with E-state index >= 15 is 0 Å². The lowest BCUT2D eigenvalue weighted by Gasteiger charge is -2.03. The summed E-state index contributed by atoms with van der Waals surface area (Å²) in [6.07, 6.45) is 0.311. The Labute approximate surface area is 113 Å². The van der Waals surface area contributed by atoms with E-state index in [2.05, 4.69) is 5.32 Å². The van der Waals surface area contributed by atoms with Crippen molar-refractivity contribution in [1.29, 1.82) is 0 Å². The third kappa shape index (κ3) is 3.30. The van der Waals surface area contributed by atoms with E-state index in [9.17, 15) is 9.59 Å². The van der Waals surface area contributed by atoms with Crippen LogP contribution in [0.15, 0.2) is 17.5 Å². The molecule has 0 fully saturated rings. The van der Waals surface area contributed by atoms with Crippen molar-refractivity contribution < 1.29 is 14.3 Å². The molecule has 0 aromatic carbocycles. The highest BCUT2D eigenvalue weighted by molar-refractivity contribution is 7.26. The topological polar surface area (TPSA) is 55.4 Å². The molecule has 2 rings (SSSR count). The van der Waals surface area contributed by atoms with Crippen LogP contribution in [-0.4, -0.2) is 25.0 Å². The van der Waals surface area contributed by atoms with Crippen LogP contribution in [0.3, 0.4) is 0 Å². The highest BCUT2D eigenvalue weighted by Gasteiger charge is 2.09. The number of esters is 1. The molecule has 0 unspecified atom stereocenters. The van der Waals surface area contributed by atoms with E-state index in [1.54, 1.807) is 29.6 Å². The number of carbonyl (C=O) groups excluding carboxylic acids is 2. The highest BCUT2D eigenvalue weighted by atomic mass is 32.1. The maximum absolute atomic E-state index is 11.6. The van der Waals surface area contributed by atoms with E-state index in [0.717, 1.165) is 4.88 Å². The van der Waals surface area contributed by atoms with Crippen LogP contribution < -0.4 is 5.32 Å². The van der Waals surface area contributed by atoms with Gasteiger partial charge in [0, 0.05) is 14.3 Å². The molecule has 4 nitrogen and oxygen atoms in total. The fourth-order valence-electron chi connectivity index (χ4n) is 1.51. The van der Waals surface area contributed by atoms with Gasteiger partial charge in [-0.2, -0.15) is 0 Å². The quantitative estimate of drug-likeness (QED) is 0.856. The Morgan fingerprint density at radius 1 is 1.39 bits per heavy atom. The zero-order valence-electron chi connectivity index (χ0n) is 9.89. The number of hydrogen-bond donors (Lipinski definition) is 1. The van der Waals surface area contributed by atoms with Crippen LogP contribution in [0.25, 0.3) is 9.40 Å². The summed E-state index contributed by atoms with van der Waals surface area (Å²) in [6, 6.07) is 4.07. The zero-order valence-corrected chi connectivity index (χ0v) is 11.5. The molecule has 2 heterocycles. The first-order chi connectivity index (χ1) is 8.69. The van der Waals surface area contributed by atoms with Crippen LogP contribution in [0.4, 0.5) is 0 Å². The second-order valence-electron chi connectivity index (χ2n) is 3.62. The van der Waals surface area contributed by atoms with Gasteiger partial charge in [-0.15, -0.1) is 22.7 Å². The molecule has 0 spiro atoms. The standard InChI is InChI=1S/C12H13NO3S2/c1-2-16-12(15)7-13-11(14)6-8-5-10-9(18-8)3-4-17-10/h3-5H,2,6-7H2,1H3,(H,13,14). The van der Waals surface area contributed by atoms with Crippen molar-refractivity contribution in [1.82, 2.24) is 5.32 Å². The maximum atomic E-state index is 11.6. The van der Waals surface area contributed by atoms with Crippen molar-refractivity contribution in [3.63, 3.8) is 0 Å². The van der Waals surface area contributed by atoms with Gasteiger partial charge in [0.2, 0.25) is 5.91 Å². The monoisotopic (exact) mass is 283 g/mol. The first-order valence-corrected chi connectivity index (χ1v) is 7.27. The summed E-state index contributed by atoms with van der Waals surface area (Å²) in [5.74, 6) is -0.560. The Balaban J connectivity index is 1.84. The number of carbonyl (C=O) groups is 2. The van der Waals surface area contributed by atoms with Crippen molar-refractivity contribution in [3.8, 4) is 0 Å². The van der Waals surface area contributed by atoms with Crippen molar-refractivity contribution in [2.24, 2.45) is 0 Å². The Hall–Kier alpha value is -1.40. The fourth-order valence-corrected chi connectivity index (χ4v) is 3.64. The molecule has 1 amide bonds. The number of thiophene rings is 2. The normalized spacial score (nSPS) is 10.5. The van der Waals surface area contributed by atoms with Gasteiger partial charge < -0.3 is 10.1 Å². The molecule has 0 atom stereocenters. The van der Waals surface area contributed by atoms with Gasteiger partial charge in [-0.3, -0.25) is 9.59 Å². The average molecular weight is 283 g/mol. The number of amides is 1. The smallest absolute Gasteiger partial charge is 0.325 e. The summed E-state index contributed by atoms with van der Waals surface area (Å²) in [5.41, 5.74) is 0. The summed E-state index contributed by atoms with van der Waals surface area (Å²) in [6.45, 7) is 2.00. The van der Waals surface area contributed by atoms with Gasteiger partial charge in [0.25, 0.3) is 0 Å². The second-order valence-corrected chi connectivity index (χ2v) is 5.74. The second kappa shape index (κ2) is 5.97. The van der Waals surface area contributed by atoms with Gasteiger partial charge in [0.05, 0.1) is 13.0 Å². The molecule has 0 saturated heterocycles. The number of ether oxygens (including phenoxy) is 1. The average Bonchev–Trinajstić information content (AvgIpc) is 2.87. The first-order valence-electron chi connectivity index (χ1n) is 5.57. The summed E-state index contributed by atoms with van der Waals surface area (Å²) in [7, 11) is 0. The molecule has 0 saturated carbocycles. The van der Waals surface area contributed by atoms with E-state index < -0.39 is 5.97 Å². The van der Waals surface area contributed by atoms with Gasteiger partial charge in [-0.1, -0.05) is 0 Å². The third-order valence-electron chi connectivity index (χ3n) is 2.26. The van der Waals surface area contributed by atoms with Crippen LogP contribution in [0, 0.1) is 0 Å². The van der Waals surface area contributed by atoms with Gasteiger partial charge in [-0.05, 0) is 24.4 Å². The van der Waals surface area contributed by atoms with E-state index in [-0.39, 0.29) is 12.5 Å². The molecule has 0 aliphatic rings. The third-order valence-corrected chi connectivity index (χ3v) is 4.35. The minimum atomic E-state index is -0.405. The fraction of sp³-hybridized carbons (Fsp3) is 0.333.